The predicted molar refractivity (Wildman–Crippen MR) is 86.2 cm³/mol. The maximum atomic E-state index is 12.7. The Hall–Kier alpha value is -1.98. The first-order valence-corrected chi connectivity index (χ1v) is 7.54. The number of aliphatic imine (C=N–C) groups is 1. The van der Waals surface area contributed by atoms with Crippen molar-refractivity contribution in [3.05, 3.63) is 12.2 Å². The summed E-state index contributed by atoms with van der Waals surface area (Å²) in [6, 6.07) is 0. The van der Waals surface area contributed by atoms with E-state index in [1.54, 1.807) is 47.6 Å². The second kappa shape index (κ2) is 6.64. The molecule has 1 heterocycles. The predicted octanol–water partition coefficient (Wildman–Crippen LogP) is 2.25. The van der Waals surface area contributed by atoms with Crippen LogP contribution in [0.3, 0.4) is 0 Å². The third kappa shape index (κ3) is 5.01. The Morgan fingerprint density at radius 2 is 1.70 bits per heavy atom. The molecule has 1 rings (SSSR count). The zero-order valence-corrected chi connectivity index (χ0v) is 14.6. The van der Waals surface area contributed by atoms with Crippen LogP contribution in [0.25, 0.3) is 0 Å². The molecule has 0 bridgehead atoms. The minimum absolute atomic E-state index is 0.185. The van der Waals surface area contributed by atoms with Crippen LogP contribution in [0, 0.1) is 5.92 Å². The summed E-state index contributed by atoms with van der Waals surface area (Å²) >= 11 is 0. The molecule has 0 aromatic rings. The topological polar surface area (TPSA) is 82.0 Å². The number of nitrogens with zero attached hydrogens (tertiary/aromatic N) is 1. The molecule has 0 aromatic carbocycles. The molecule has 23 heavy (non-hydrogen) atoms. The summed E-state index contributed by atoms with van der Waals surface area (Å²) in [6.07, 6.45) is 4.87. The maximum absolute atomic E-state index is 12.7. The van der Waals surface area contributed by atoms with Crippen LogP contribution in [0.5, 0.6) is 0 Å². The van der Waals surface area contributed by atoms with Crippen molar-refractivity contribution in [3.8, 4) is 0 Å². The van der Waals surface area contributed by atoms with Crippen LogP contribution in [-0.4, -0.2) is 41.2 Å². The Kier molecular flexibility index (Phi) is 5.51. The average Bonchev–Trinajstić information content (AvgIpc) is 2.81. The second-order valence-electron chi connectivity index (χ2n) is 7.45. The van der Waals surface area contributed by atoms with Gasteiger partial charge in [0.15, 0.2) is 5.54 Å². The molecule has 0 aliphatic carbocycles. The molecule has 0 saturated carbocycles. The Morgan fingerprint density at radius 1 is 1.13 bits per heavy atom. The highest BCUT2D eigenvalue weighted by Gasteiger charge is 2.51. The van der Waals surface area contributed by atoms with Crippen molar-refractivity contribution in [1.82, 2.24) is 0 Å². The highest BCUT2D eigenvalue weighted by molar-refractivity contribution is 5.97. The number of carbonyl (C=O) groups is 3. The fourth-order valence-corrected chi connectivity index (χ4v) is 2.15. The Labute approximate surface area is 136 Å². The lowest BCUT2D eigenvalue weighted by atomic mass is 9.82. The molecule has 0 amide bonds. The lowest BCUT2D eigenvalue weighted by Gasteiger charge is -2.33. The smallest absolute Gasteiger partial charge is 0.339 e. The van der Waals surface area contributed by atoms with Gasteiger partial charge in [0.2, 0.25) is 0 Å². The zero-order chi connectivity index (χ0) is 17.9. The molecule has 2 atom stereocenters. The SMILES string of the molecule is CC(C)(C)OC(=O)C(CC=O)C1(C(=O)OC(C)(C)C)C=CC=N1. The minimum atomic E-state index is -1.56. The summed E-state index contributed by atoms with van der Waals surface area (Å²) in [6.45, 7) is 10.3. The summed E-state index contributed by atoms with van der Waals surface area (Å²) in [7, 11) is 0. The van der Waals surface area contributed by atoms with Gasteiger partial charge in [-0.15, -0.1) is 0 Å². The molecule has 2 unspecified atom stereocenters. The van der Waals surface area contributed by atoms with Crippen LogP contribution in [-0.2, 0) is 23.9 Å². The summed E-state index contributed by atoms with van der Waals surface area (Å²) < 4.78 is 10.8. The largest absolute Gasteiger partial charge is 0.460 e. The van der Waals surface area contributed by atoms with Crippen LogP contribution in [0.2, 0.25) is 0 Å². The first-order chi connectivity index (χ1) is 10.4. The van der Waals surface area contributed by atoms with E-state index >= 15 is 0 Å². The van der Waals surface area contributed by atoms with Gasteiger partial charge in [-0.3, -0.25) is 9.79 Å². The molecule has 128 valence electrons. The third-order valence-corrected chi connectivity index (χ3v) is 3.00. The van der Waals surface area contributed by atoms with Gasteiger partial charge in [-0.25, -0.2) is 4.79 Å². The summed E-state index contributed by atoms with van der Waals surface area (Å²) in [5, 5.41) is 0. The molecular weight excluding hydrogens is 298 g/mol. The van der Waals surface area contributed by atoms with Gasteiger partial charge in [-0.2, -0.15) is 0 Å². The van der Waals surface area contributed by atoms with Crippen LogP contribution in [0.15, 0.2) is 17.1 Å². The highest BCUT2D eigenvalue weighted by atomic mass is 16.6. The lowest BCUT2D eigenvalue weighted by molar-refractivity contribution is -0.172. The van der Waals surface area contributed by atoms with Crippen molar-refractivity contribution in [3.63, 3.8) is 0 Å². The van der Waals surface area contributed by atoms with E-state index in [-0.39, 0.29) is 6.42 Å². The first-order valence-electron chi connectivity index (χ1n) is 7.54. The van der Waals surface area contributed by atoms with Gasteiger partial charge >= 0.3 is 11.9 Å². The molecule has 0 aromatic heterocycles. The van der Waals surface area contributed by atoms with Gasteiger partial charge < -0.3 is 14.3 Å². The summed E-state index contributed by atoms with van der Waals surface area (Å²) in [4.78, 5) is 40.4. The van der Waals surface area contributed by atoms with E-state index in [0.717, 1.165) is 0 Å². The molecule has 6 nitrogen and oxygen atoms in total. The van der Waals surface area contributed by atoms with E-state index in [0.29, 0.717) is 6.29 Å². The third-order valence-electron chi connectivity index (χ3n) is 3.00. The fourth-order valence-electron chi connectivity index (χ4n) is 2.15. The second-order valence-corrected chi connectivity index (χ2v) is 7.45. The normalized spacial score (nSPS) is 21.8. The van der Waals surface area contributed by atoms with Gasteiger partial charge in [0.05, 0.1) is 0 Å². The molecule has 0 saturated heterocycles. The number of allylic oxidation sites excluding steroid dienone is 1. The van der Waals surface area contributed by atoms with Crippen molar-refractivity contribution in [1.29, 1.82) is 0 Å². The highest BCUT2D eigenvalue weighted by Crippen LogP contribution is 2.34. The monoisotopic (exact) mass is 323 g/mol. The van der Waals surface area contributed by atoms with Crippen molar-refractivity contribution in [2.75, 3.05) is 0 Å². The number of carbonyl (C=O) groups excluding carboxylic acids is 3. The van der Waals surface area contributed by atoms with Crippen LogP contribution < -0.4 is 0 Å². The van der Waals surface area contributed by atoms with Crippen molar-refractivity contribution < 1.29 is 23.9 Å². The molecule has 0 fully saturated rings. The van der Waals surface area contributed by atoms with Crippen molar-refractivity contribution in [2.24, 2.45) is 10.9 Å². The quantitative estimate of drug-likeness (QED) is 0.572. The van der Waals surface area contributed by atoms with Gasteiger partial charge in [0.1, 0.15) is 23.4 Å². The van der Waals surface area contributed by atoms with E-state index in [2.05, 4.69) is 4.99 Å². The molecule has 1 aliphatic heterocycles. The molecule has 0 radical (unpaired) electrons. The zero-order valence-electron chi connectivity index (χ0n) is 14.6. The Balaban J connectivity index is 3.20. The summed E-state index contributed by atoms with van der Waals surface area (Å²) in [5.74, 6) is -2.39. The average molecular weight is 323 g/mol. The van der Waals surface area contributed by atoms with Gasteiger partial charge in [-0.05, 0) is 53.7 Å². The molecule has 6 heteroatoms. The van der Waals surface area contributed by atoms with E-state index < -0.39 is 34.6 Å². The number of rotatable bonds is 5. The van der Waals surface area contributed by atoms with Crippen LogP contribution >= 0.6 is 0 Å². The number of hydrogen-bond acceptors (Lipinski definition) is 6. The van der Waals surface area contributed by atoms with Crippen molar-refractivity contribution >= 4 is 24.4 Å². The number of esters is 2. The number of aldehydes is 1. The van der Waals surface area contributed by atoms with Crippen LogP contribution in [0.4, 0.5) is 0 Å². The fraction of sp³-hybridized carbons (Fsp3) is 0.647. The molecule has 0 N–H and O–H groups in total. The molecular formula is C17H25NO5. The van der Waals surface area contributed by atoms with E-state index in [9.17, 15) is 14.4 Å². The maximum Gasteiger partial charge on any atom is 0.339 e. The van der Waals surface area contributed by atoms with E-state index in [1.807, 2.05) is 0 Å². The molecule has 0 spiro atoms. The molecule has 1 aliphatic rings. The first kappa shape index (κ1) is 19.1. The van der Waals surface area contributed by atoms with E-state index in [1.165, 1.54) is 12.3 Å². The van der Waals surface area contributed by atoms with Crippen molar-refractivity contribution in [2.45, 2.75) is 64.7 Å². The van der Waals surface area contributed by atoms with E-state index in [4.69, 9.17) is 9.47 Å². The van der Waals surface area contributed by atoms with Gasteiger partial charge in [0.25, 0.3) is 0 Å². The Bertz CT molecular complexity index is 522. The number of hydrogen-bond donors (Lipinski definition) is 0. The van der Waals surface area contributed by atoms with Crippen LogP contribution in [0.1, 0.15) is 48.0 Å². The number of ether oxygens (including phenoxy) is 2. The van der Waals surface area contributed by atoms with Gasteiger partial charge in [0, 0.05) is 12.6 Å². The Morgan fingerprint density at radius 3 is 2.09 bits per heavy atom. The standard InChI is InChI=1S/C17H25NO5/c1-15(2,3)22-13(20)12(8-11-19)17(9-7-10-18-17)14(21)23-16(4,5)6/h7,9-12H,8H2,1-6H3. The lowest BCUT2D eigenvalue weighted by Crippen LogP contribution is -2.50. The van der Waals surface area contributed by atoms with Gasteiger partial charge in [-0.1, -0.05) is 0 Å². The summed E-state index contributed by atoms with van der Waals surface area (Å²) in [5.41, 5.74) is -3.04. The minimum Gasteiger partial charge on any atom is -0.460 e.